The number of benzene rings is 2. The van der Waals surface area contributed by atoms with Crippen LogP contribution in [0.3, 0.4) is 0 Å². The van der Waals surface area contributed by atoms with Crippen molar-refractivity contribution in [1.29, 1.82) is 0 Å². The molecule has 2 aromatic heterocycles. The van der Waals surface area contributed by atoms with Gasteiger partial charge < -0.3 is 21.4 Å². The van der Waals surface area contributed by atoms with Crippen LogP contribution in [0.25, 0.3) is 17.7 Å². The molecule has 0 saturated carbocycles. The molecule has 2 aromatic carbocycles. The van der Waals surface area contributed by atoms with Crippen molar-refractivity contribution in [3.8, 4) is 0 Å². The van der Waals surface area contributed by atoms with E-state index in [-0.39, 0.29) is 31.1 Å². The molecule has 0 saturated heterocycles. The van der Waals surface area contributed by atoms with E-state index in [9.17, 15) is 23.2 Å². The molecule has 4 aromatic rings. The molecule has 12 heteroatoms. The van der Waals surface area contributed by atoms with E-state index >= 15 is 0 Å². The summed E-state index contributed by atoms with van der Waals surface area (Å²) in [6.45, 7) is 0.305. The summed E-state index contributed by atoms with van der Waals surface area (Å²) >= 11 is 0. The lowest BCUT2D eigenvalue weighted by molar-refractivity contribution is -0.110. The van der Waals surface area contributed by atoms with Crippen molar-refractivity contribution < 1.29 is 18.4 Å². The maximum Gasteiger partial charge on any atom is 0.266 e. The maximum atomic E-state index is 13.5. The Kier molecular flexibility index (Phi) is 7.42. The lowest BCUT2D eigenvalue weighted by Gasteiger charge is -2.08. The van der Waals surface area contributed by atoms with Gasteiger partial charge in [-0.25, -0.2) is 18.7 Å². The molecule has 10 nitrogen and oxygen atoms in total. The first kappa shape index (κ1) is 26.4. The number of nitrogens with one attached hydrogen (secondary N) is 3. The number of nitrogens with two attached hydrogens (primary N) is 1. The molecule has 0 unspecified atom stereocenters. The van der Waals surface area contributed by atoms with Gasteiger partial charge in [-0.1, -0.05) is 30.4 Å². The summed E-state index contributed by atoms with van der Waals surface area (Å²) < 4.78 is 27.8. The summed E-state index contributed by atoms with van der Waals surface area (Å²) in [5.41, 5.74) is 9.21. The molecule has 5 rings (SSSR count). The zero-order valence-corrected chi connectivity index (χ0v) is 20.9. The van der Waals surface area contributed by atoms with Gasteiger partial charge in [0.15, 0.2) is 11.6 Å². The van der Waals surface area contributed by atoms with Crippen LogP contribution in [0.4, 0.5) is 14.5 Å². The summed E-state index contributed by atoms with van der Waals surface area (Å²) in [6, 6.07) is 8.75. The van der Waals surface area contributed by atoms with Gasteiger partial charge in [-0.3, -0.25) is 19.0 Å². The fourth-order valence-corrected chi connectivity index (χ4v) is 4.21. The van der Waals surface area contributed by atoms with E-state index in [1.54, 1.807) is 24.3 Å². The molecule has 0 radical (unpaired) electrons. The molecule has 1 aliphatic rings. The smallest absolute Gasteiger partial charge is 0.266 e. The molecule has 202 valence electrons. The zero-order chi connectivity index (χ0) is 28.2. The monoisotopic (exact) mass is 543 g/mol. The van der Waals surface area contributed by atoms with E-state index in [2.05, 4.69) is 25.6 Å². The molecule has 2 amide bonds. The third-order valence-corrected chi connectivity index (χ3v) is 6.24. The zero-order valence-electron chi connectivity index (χ0n) is 20.9. The van der Waals surface area contributed by atoms with Gasteiger partial charge in [0.1, 0.15) is 5.56 Å². The number of nitrogens with zero attached hydrogens (tertiary/aromatic N) is 3. The number of hydrogen-bond acceptors (Lipinski definition) is 6. The van der Waals surface area contributed by atoms with Crippen LogP contribution in [0.1, 0.15) is 38.4 Å². The number of rotatable bonds is 8. The van der Waals surface area contributed by atoms with Gasteiger partial charge in [-0.2, -0.15) is 0 Å². The van der Waals surface area contributed by atoms with Crippen LogP contribution in [-0.4, -0.2) is 37.9 Å². The quantitative estimate of drug-likeness (QED) is 0.251. The fraction of sp³-hybridized carbons (Fsp3) is 0.107. The highest BCUT2D eigenvalue weighted by Crippen LogP contribution is 2.34. The van der Waals surface area contributed by atoms with Crippen molar-refractivity contribution >= 4 is 35.2 Å². The normalized spacial score (nSPS) is 13.6. The van der Waals surface area contributed by atoms with Crippen molar-refractivity contribution in [2.45, 2.75) is 13.1 Å². The Hall–Kier alpha value is -5.23. The van der Waals surface area contributed by atoms with E-state index in [0.717, 1.165) is 39.7 Å². The number of carbonyl (C=O) groups is 2. The molecule has 0 bridgehead atoms. The SMILES string of the molecule is NCc1[nH]cnc1/C=C1\C(=O)Nc2cc(C=CCNC(=O)c3cncn(Cc4ccc(F)c(F)c4)c3=O)ccc21. The first-order chi connectivity index (χ1) is 19.3. The Bertz CT molecular complexity index is 1740. The molecule has 0 aliphatic carbocycles. The summed E-state index contributed by atoms with van der Waals surface area (Å²) in [6.07, 6.45) is 9.04. The highest BCUT2D eigenvalue weighted by molar-refractivity contribution is 6.34. The minimum atomic E-state index is -1.03. The fourth-order valence-electron chi connectivity index (χ4n) is 4.21. The maximum absolute atomic E-state index is 13.5. The van der Waals surface area contributed by atoms with Crippen LogP contribution >= 0.6 is 0 Å². The van der Waals surface area contributed by atoms with Crippen LogP contribution in [0.2, 0.25) is 0 Å². The number of imidazole rings is 1. The van der Waals surface area contributed by atoms with E-state index < -0.39 is 23.1 Å². The van der Waals surface area contributed by atoms with Crippen molar-refractivity contribution in [3.63, 3.8) is 0 Å². The van der Waals surface area contributed by atoms with Gasteiger partial charge in [-0.15, -0.1) is 0 Å². The Morgan fingerprint density at radius 2 is 1.98 bits per heavy atom. The number of aromatic amines is 1. The van der Waals surface area contributed by atoms with Crippen LogP contribution in [-0.2, 0) is 17.9 Å². The van der Waals surface area contributed by atoms with E-state index in [4.69, 9.17) is 5.73 Å². The number of aromatic nitrogens is 4. The average molecular weight is 544 g/mol. The van der Waals surface area contributed by atoms with E-state index in [1.165, 1.54) is 18.7 Å². The van der Waals surface area contributed by atoms with Gasteiger partial charge in [0.25, 0.3) is 17.4 Å². The van der Waals surface area contributed by atoms with Crippen molar-refractivity contribution in [1.82, 2.24) is 24.8 Å². The van der Waals surface area contributed by atoms with Crippen molar-refractivity contribution in [2.75, 3.05) is 11.9 Å². The summed E-state index contributed by atoms with van der Waals surface area (Å²) in [7, 11) is 0. The number of hydrogen-bond donors (Lipinski definition) is 4. The van der Waals surface area contributed by atoms with Gasteiger partial charge in [0.05, 0.1) is 36.2 Å². The van der Waals surface area contributed by atoms with Gasteiger partial charge >= 0.3 is 0 Å². The first-order valence-corrected chi connectivity index (χ1v) is 12.2. The second-order valence-electron chi connectivity index (χ2n) is 8.89. The number of fused-ring (bicyclic) bond motifs is 1. The third kappa shape index (κ3) is 5.47. The van der Waals surface area contributed by atoms with Crippen LogP contribution in [0.5, 0.6) is 0 Å². The Morgan fingerprint density at radius 3 is 2.77 bits per heavy atom. The van der Waals surface area contributed by atoms with E-state index in [0.29, 0.717) is 22.5 Å². The summed E-state index contributed by atoms with van der Waals surface area (Å²) in [4.78, 5) is 49.0. The number of H-pyrrole nitrogens is 1. The Balaban J connectivity index is 1.23. The Morgan fingerprint density at radius 1 is 1.12 bits per heavy atom. The molecule has 5 N–H and O–H groups in total. The van der Waals surface area contributed by atoms with Crippen molar-refractivity contribution in [3.05, 3.63) is 117 Å². The van der Waals surface area contributed by atoms with Crippen molar-refractivity contribution in [2.24, 2.45) is 5.73 Å². The molecule has 3 heterocycles. The molecule has 1 aliphatic heterocycles. The predicted molar refractivity (Wildman–Crippen MR) is 145 cm³/mol. The van der Waals surface area contributed by atoms with Gasteiger partial charge in [-0.05, 0) is 35.4 Å². The highest BCUT2D eigenvalue weighted by atomic mass is 19.2. The molecule has 0 atom stereocenters. The largest absolute Gasteiger partial charge is 0.348 e. The highest BCUT2D eigenvalue weighted by Gasteiger charge is 2.24. The standard InChI is InChI=1S/C28H23F2N7O3/c29-21-6-4-17(8-22(21)30)13-37-15-32-12-20(28(37)40)26(38)33-7-1-2-16-3-5-18-19(27(39)36-23(18)9-16)10-24-25(11-31)35-14-34-24/h1-6,8-10,12,14-15H,7,11,13,31H2,(H,33,38)(H,34,35)(H,36,39)/b2-1?,19-10-. The first-order valence-electron chi connectivity index (χ1n) is 12.2. The molecule has 40 heavy (non-hydrogen) atoms. The van der Waals surface area contributed by atoms with Gasteiger partial charge in [0, 0.05) is 30.5 Å². The van der Waals surface area contributed by atoms with Gasteiger partial charge in [0.2, 0.25) is 0 Å². The molecular formula is C28H23F2N7O3. The number of carbonyl (C=O) groups excluding carboxylic acids is 2. The number of amides is 2. The molecule has 0 fully saturated rings. The molecule has 0 spiro atoms. The number of anilines is 1. The van der Waals surface area contributed by atoms with E-state index in [1.807, 2.05) is 12.1 Å². The van der Waals surface area contributed by atoms with Crippen LogP contribution in [0.15, 0.2) is 66.1 Å². The average Bonchev–Trinajstić information content (AvgIpc) is 3.53. The summed E-state index contributed by atoms with van der Waals surface area (Å²) in [5, 5.41) is 5.47. The predicted octanol–water partition coefficient (Wildman–Crippen LogP) is 2.69. The lowest BCUT2D eigenvalue weighted by Crippen LogP contribution is -2.33. The minimum Gasteiger partial charge on any atom is -0.348 e. The second-order valence-corrected chi connectivity index (χ2v) is 8.89. The molecular weight excluding hydrogens is 520 g/mol. The van der Waals surface area contributed by atoms with Crippen LogP contribution in [0, 0.1) is 11.6 Å². The van der Waals surface area contributed by atoms with Crippen LogP contribution < -0.4 is 21.9 Å². The second kappa shape index (κ2) is 11.3. The lowest BCUT2D eigenvalue weighted by atomic mass is 10.0. The summed E-state index contributed by atoms with van der Waals surface area (Å²) in [5.74, 6) is -2.90. The topological polar surface area (TPSA) is 148 Å². The minimum absolute atomic E-state index is 0.0777. The third-order valence-electron chi connectivity index (χ3n) is 6.24. The number of halogens is 2. The Labute approximate surface area is 226 Å².